The number of fused-ring (bicyclic) bond motifs is 1. The number of aromatic nitrogens is 1. The molecule has 5 heteroatoms. The van der Waals surface area contributed by atoms with E-state index in [0.29, 0.717) is 28.8 Å². The van der Waals surface area contributed by atoms with Crippen LogP contribution in [0.15, 0.2) is 28.7 Å². The summed E-state index contributed by atoms with van der Waals surface area (Å²) in [4.78, 5) is 29.7. The highest BCUT2D eigenvalue weighted by atomic mass is 79.9. The Bertz CT molecular complexity index is 830. The Morgan fingerprint density at radius 1 is 1.25 bits per heavy atom. The zero-order chi connectivity index (χ0) is 17.3. The quantitative estimate of drug-likeness (QED) is 0.726. The van der Waals surface area contributed by atoms with Crippen LogP contribution in [0.1, 0.15) is 51.9 Å². The van der Waals surface area contributed by atoms with E-state index >= 15 is 0 Å². The molecule has 0 bridgehead atoms. The second-order valence-corrected chi connectivity index (χ2v) is 6.60. The van der Waals surface area contributed by atoms with E-state index in [1.54, 1.807) is 13.8 Å². The van der Waals surface area contributed by atoms with Gasteiger partial charge in [-0.05, 0) is 38.3 Å². The van der Waals surface area contributed by atoms with Gasteiger partial charge in [0.25, 0.3) is 0 Å². The topological polar surface area (TPSA) is 56.3 Å². The number of ketones is 1. The smallest absolute Gasteiger partial charge is 0.340 e. The number of benzene rings is 1. The maximum Gasteiger partial charge on any atom is 0.340 e. The van der Waals surface area contributed by atoms with Crippen molar-refractivity contribution in [3.8, 4) is 11.1 Å². The molecule has 0 unspecified atom stereocenters. The highest BCUT2D eigenvalue weighted by Crippen LogP contribution is 2.38. The van der Waals surface area contributed by atoms with Crippen LogP contribution in [0.5, 0.6) is 0 Å². The molecule has 0 fully saturated rings. The van der Waals surface area contributed by atoms with E-state index in [4.69, 9.17) is 4.74 Å². The Morgan fingerprint density at radius 3 is 2.71 bits per heavy atom. The summed E-state index contributed by atoms with van der Waals surface area (Å²) >= 11 is 3.54. The summed E-state index contributed by atoms with van der Waals surface area (Å²) in [5, 5.41) is 0. The normalized spacial score (nSPS) is 13.5. The second kappa shape index (κ2) is 6.85. The predicted octanol–water partition coefficient (Wildman–Crippen LogP) is 4.52. The van der Waals surface area contributed by atoms with Crippen LogP contribution in [0, 0.1) is 6.92 Å². The van der Waals surface area contributed by atoms with Gasteiger partial charge in [0.05, 0.1) is 23.6 Å². The number of carbonyl (C=O) groups excluding carboxylic acids is 2. The van der Waals surface area contributed by atoms with Crippen LogP contribution < -0.4 is 0 Å². The molecule has 1 aromatic heterocycles. The first-order chi connectivity index (χ1) is 11.5. The lowest BCUT2D eigenvalue weighted by Gasteiger charge is -2.22. The third-order valence-corrected chi connectivity index (χ3v) is 4.86. The van der Waals surface area contributed by atoms with E-state index in [1.807, 2.05) is 24.3 Å². The molecular weight excluding hydrogens is 370 g/mol. The van der Waals surface area contributed by atoms with Crippen molar-refractivity contribution in [1.82, 2.24) is 4.98 Å². The van der Waals surface area contributed by atoms with Crippen LogP contribution in [-0.2, 0) is 11.2 Å². The van der Waals surface area contributed by atoms with Crippen molar-refractivity contribution >= 4 is 27.7 Å². The van der Waals surface area contributed by atoms with Gasteiger partial charge in [-0.3, -0.25) is 9.78 Å². The lowest BCUT2D eigenvalue weighted by atomic mass is 9.85. The molecule has 1 aliphatic rings. The number of hydrogen-bond acceptors (Lipinski definition) is 4. The molecule has 0 amide bonds. The minimum atomic E-state index is -0.436. The fraction of sp³-hybridized carbons (Fsp3) is 0.316. The SMILES string of the molecule is CCOC(=O)c1c(C)nc2c(c1-c1ccccc1Br)C(=O)CCC2. The number of esters is 1. The van der Waals surface area contributed by atoms with E-state index in [9.17, 15) is 9.59 Å². The molecule has 0 spiro atoms. The molecule has 0 N–H and O–H groups in total. The summed E-state index contributed by atoms with van der Waals surface area (Å²) in [6.45, 7) is 3.84. The number of carbonyl (C=O) groups is 2. The Kier molecular flexibility index (Phi) is 4.81. The summed E-state index contributed by atoms with van der Waals surface area (Å²) in [7, 11) is 0. The number of ether oxygens (including phenoxy) is 1. The van der Waals surface area contributed by atoms with Gasteiger partial charge in [0.1, 0.15) is 0 Å². The fourth-order valence-corrected chi connectivity index (χ4v) is 3.66. The average Bonchev–Trinajstić information content (AvgIpc) is 2.54. The van der Waals surface area contributed by atoms with E-state index < -0.39 is 5.97 Å². The largest absolute Gasteiger partial charge is 0.462 e. The Labute approximate surface area is 149 Å². The summed E-state index contributed by atoms with van der Waals surface area (Å²) < 4.78 is 6.07. The first-order valence-corrected chi connectivity index (χ1v) is 8.82. The molecule has 0 radical (unpaired) electrons. The second-order valence-electron chi connectivity index (χ2n) is 5.75. The summed E-state index contributed by atoms with van der Waals surface area (Å²) in [5.41, 5.74) is 3.81. The Hall–Kier alpha value is -2.01. The lowest BCUT2D eigenvalue weighted by Crippen LogP contribution is -2.20. The van der Waals surface area contributed by atoms with E-state index in [-0.39, 0.29) is 12.4 Å². The standard InChI is InChI=1S/C19H18BrNO3/c1-3-24-19(23)16-11(2)21-14-9-6-10-15(22)18(14)17(16)12-7-4-5-8-13(12)20/h4-5,7-8H,3,6,9-10H2,1-2H3. The zero-order valence-corrected chi connectivity index (χ0v) is 15.3. The number of pyridine rings is 1. The molecule has 0 saturated heterocycles. The summed E-state index contributed by atoms with van der Waals surface area (Å²) in [6.07, 6.45) is 2.03. The molecule has 1 heterocycles. The number of Topliss-reactive ketones (excluding diaryl/α,β-unsaturated/α-hetero) is 1. The number of hydrogen-bond donors (Lipinski definition) is 0. The molecule has 0 saturated carbocycles. The maximum absolute atomic E-state index is 12.6. The van der Waals surface area contributed by atoms with Crippen LogP contribution in [0.3, 0.4) is 0 Å². The molecule has 24 heavy (non-hydrogen) atoms. The van der Waals surface area contributed by atoms with Crippen molar-refractivity contribution in [1.29, 1.82) is 0 Å². The Balaban J connectivity index is 2.38. The van der Waals surface area contributed by atoms with Gasteiger partial charge in [-0.25, -0.2) is 4.79 Å². The van der Waals surface area contributed by atoms with Crippen LogP contribution >= 0.6 is 15.9 Å². The van der Waals surface area contributed by atoms with Crippen LogP contribution in [-0.4, -0.2) is 23.3 Å². The van der Waals surface area contributed by atoms with Gasteiger partial charge < -0.3 is 4.74 Å². The molecular formula is C19H18BrNO3. The van der Waals surface area contributed by atoms with E-state index in [2.05, 4.69) is 20.9 Å². The molecule has 1 aliphatic carbocycles. The Morgan fingerprint density at radius 2 is 2.00 bits per heavy atom. The minimum absolute atomic E-state index is 0.0417. The van der Waals surface area contributed by atoms with Gasteiger partial charge in [0.2, 0.25) is 0 Å². The fourth-order valence-electron chi connectivity index (χ4n) is 3.17. The highest BCUT2D eigenvalue weighted by molar-refractivity contribution is 9.10. The number of nitrogens with zero attached hydrogens (tertiary/aromatic N) is 1. The zero-order valence-electron chi connectivity index (χ0n) is 13.7. The van der Waals surface area contributed by atoms with Crippen molar-refractivity contribution in [3.05, 3.63) is 51.3 Å². The molecule has 0 aliphatic heterocycles. The van der Waals surface area contributed by atoms with E-state index in [1.165, 1.54) is 0 Å². The number of rotatable bonds is 3. The van der Waals surface area contributed by atoms with E-state index in [0.717, 1.165) is 28.6 Å². The molecule has 124 valence electrons. The van der Waals surface area contributed by atoms with Crippen molar-refractivity contribution in [2.75, 3.05) is 6.61 Å². The minimum Gasteiger partial charge on any atom is -0.462 e. The van der Waals surface area contributed by atoms with Gasteiger partial charge in [-0.2, -0.15) is 0 Å². The number of aryl methyl sites for hydroxylation is 2. The lowest BCUT2D eigenvalue weighted by molar-refractivity contribution is 0.0526. The summed E-state index contributed by atoms with van der Waals surface area (Å²) in [5.74, 6) is -0.394. The number of halogens is 1. The van der Waals surface area contributed by atoms with Gasteiger partial charge >= 0.3 is 5.97 Å². The van der Waals surface area contributed by atoms with Crippen LogP contribution in [0.4, 0.5) is 0 Å². The first-order valence-electron chi connectivity index (χ1n) is 8.03. The highest BCUT2D eigenvalue weighted by Gasteiger charge is 2.30. The maximum atomic E-state index is 12.6. The molecule has 3 rings (SSSR count). The van der Waals surface area contributed by atoms with Crippen molar-refractivity contribution in [2.24, 2.45) is 0 Å². The molecule has 1 aromatic carbocycles. The van der Waals surface area contributed by atoms with Crippen molar-refractivity contribution in [3.63, 3.8) is 0 Å². The average molecular weight is 388 g/mol. The van der Waals surface area contributed by atoms with Gasteiger partial charge in [-0.1, -0.05) is 34.1 Å². The van der Waals surface area contributed by atoms with Gasteiger partial charge in [0.15, 0.2) is 5.78 Å². The van der Waals surface area contributed by atoms with Crippen LogP contribution in [0.25, 0.3) is 11.1 Å². The predicted molar refractivity (Wildman–Crippen MR) is 95.3 cm³/mol. The van der Waals surface area contributed by atoms with Gasteiger partial charge in [0, 0.05) is 22.0 Å². The summed E-state index contributed by atoms with van der Waals surface area (Å²) in [6, 6.07) is 7.61. The van der Waals surface area contributed by atoms with Crippen molar-refractivity contribution in [2.45, 2.75) is 33.1 Å². The van der Waals surface area contributed by atoms with Crippen LogP contribution in [0.2, 0.25) is 0 Å². The molecule has 2 aromatic rings. The monoisotopic (exact) mass is 387 g/mol. The molecule has 0 atom stereocenters. The first kappa shape index (κ1) is 16.8. The third-order valence-electron chi connectivity index (χ3n) is 4.17. The molecule has 4 nitrogen and oxygen atoms in total. The van der Waals surface area contributed by atoms with Crippen molar-refractivity contribution < 1.29 is 14.3 Å². The third kappa shape index (κ3) is 2.88. The van der Waals surface area contributed by atoms with Gasteiger partial charge in [-0.15, -0.1) is 0 Å².